The van der Waals surface area contributed by atoms with Gasteiger partial charge in [0.2, 0.25) is 0 Å². The van der Waals surface area contributed by atoms with Gasteiger partial charge >= 0.3 is 12.1 Å². The van der Waals surface area contributed by atoms with Gasteiger partial charge in [-0.3, -0.25) is 0 Å². The molecule has 0 radical (unpaired) electrons. The first-order valence-electron chi connectivity index (χ1n) is 6.98. The topological polar surface area (TPSA) is 64.6 Å². The molecule has 0 saturated heterocycles. The number of ether oxygens (including phenoxy) is 2. The predicted octanol–water partition coefficient (Wildman–Crippen LogP) is 2.53. The van der Waals surface area contributed by atoms with Crippen LogP contribution in [0.2, 0.25) is 0 Å². The highest BCUT2D eigenvalue weighted by Crippen LogP contribution is 2.33. The zero-order chi connectivity index (χ0) is 16.2. The summed E-state index contributed by atoms with van der Waals surface area (Å²) in [6.07, 6.45) is -3.55. The second-order valence-electron chi connectivity index (χ2n) is 6.33. The fourth-order valence-electron chi connectivity index (χ4n) is 2.36. The summed E-state index contributed by atoms with van der Waals surface area (Å²) in [5, 5.41) is 2.40. The number of alkyl carbamates (subject to hydrolysis) is 1. The smallest absolute Gasteiger partial charge is 0.408 e. The van der Waals surface area contributed by atoms with E-state index in [9.17, 15) is 18.4 Å². The van der Waals surface area contributed by atoms with Gasteiger partial charge in [-0.15, -0.1) is 0 Å². The average Bonchev–Trinajstić information content (AvgIpc) is 2.64. The fourth-order valence-corrected chi connectivity index (χ4v) is 2.36. The lowest BCUT2D eigenvalue weighted by Gasteiger charge is -2.23. The summed E-state index contributed by atoms with van der Waals surface area (Å²) in [6, 6.07) is -0.965. The number of alkyl halides is 2. The fraction of sp³-hybridized carbons (Fsp3) is 0.857. The predicted molar refractivity (Wildman–Crippen MR) is 72.3 cm³/mol. The van der Waals surface area contributed by atoms with Gasteiger partial charge in [-0.05, 0) is 46.0 Å². The van der Waals surface area contributed by atoms with E-state index in [1.54, 1.807) is 20.8 Å². The van der Waals surface area contributed by atoms with Gasteiger partial charge in [0.05, 0.1) is 7.11 Å². The van der Waals surface area contributed by atoms with Crippen LogP contribution in [0.3, 0.4) is 0 Å². The molecule has 0 aromatic heterocycles. The molecule has 21 heavy (non-hydrogen) atoms. The first-order valence-corrected chi connectivity index (χ1v) is 6.98. The van der Waals surface area contributed by atoms with E-state index >= 15 is 0 Å². The molecule has 1 aliphatic carbocycles. The van der Waals surface area contributed by atoms with Gasteiger partial charge in [0.1, 0.15) is 24.0 Å². The van der Waals surface area contributed by atoms with Crippen molar-refractivity contribution in [1.29, 1.82) is 0 Å². The van der Waals surface area contributed by atoms with Crippen LogP contribution in [0, 0.1) is 5.92 Å². The average molecular weight is 307 g/mol. The molecule has 1 rings (SSSR count). The molecule has 1 amide bonds. The number of nitrogens with one attached hydrogen (secondary N) is 1. The first kappa shape index (κ1) is 17.7. The number of hydrogen-bond acceptors (Lipinski definition) is 4. The molecular weight excluding hydrogens is 284 g/mol. The van der Waals surface area contributed by atoms with Gasteiger partial charge in [0, 0.05) is 0 Å². The molecule has 0 heterocycles. The molecule has 1 saturated carbocycles. The summed E-state index contributed by atoms with van der Waals surface area (Å²) in [5.41, 5.74) is -0.702. The van der Waals surface area contributed by atoms with Gasteiger partial charge in [-0.25, -0.2) is 18.4 Å². The van der Waals surface area contributed by atoms with Crippen molar-refractivity contribution in [1.82, 2.24) is 5.32 Å². The van der Waals surface area contributed by atoms with E-state index in [2.05, 4.69) is 10.1 Å². The van der Waals surface area contributed by atoms with Crippen LogP contribution in [-0.2, 0) is 14.3 Å². The molecule has 0 spiro atoms. The monoisotopic (exact) mass is 307 g/mol. The summed E-state index contributed by atoms with van der Waals surface area (Å²) in [6.45, 7) is 5.08. The normalized spacial score (nSPS) is 27.0. The maximum atomic E-state index is 13.2. The molecule has 0 aromatic carbocycles. The lowest BCUT2D eigenvalue weighted by atomic mass is 9.98. The molecule has 1 N–H and O–H groups in total. The molecular formula is C14H23F2NO4. The van der Waals surface area contributed by atoms with Crippen molar-refractivity contribution in [3.8, 4) is 0 Å². The number of rotatable bonds is 4. The van der Waals surface area contributed by atoms with E-state index in [1.807, 2.05) is 0 Å². The minimum atomic E-state index is -1.50. The molecule has 0 bridgehead atoms. The number of amides is 1. The Balaban J connectivity index is 2.60. The minimum absolute atomic E-state index is 0.0463. The molecule has 122 valence electrons. The Morgan fingerprint density at radius 2 is 1.76 bits per heavy atom. The highest BCUT2D eigenvalue weighted by molar-refractivity contribution is 5.81. The number of carbonyl (C=O) groups excluding carboxylic acids is 2. The number of hydrogen-bond donors (Lipinski definition) is 1. The van der Waals surface area contributed by atoms with Crippen molar-refractivity contribution in [2.75, 3.05) is 7.11 Å². The maximum absolute atomic E-state index is 13.2. The third-order valence-electron chi connectivity index (χ3n) is 3.26. The SMILES string of the molecule is COC(=O)[C@H](C[C@H]1C[C@@H](F)[C@@H](F)C1)NC(=O)OC(C)(C)C. The molecule has 0 aromatic rings. The second kappa shape index (κ2) is 7.04. The minimum Gasteiger partial charge on any atom is -0.467 e. The number of esters is 1. The van der Waals surface area contributed by atoms with Crippen LogP contribution in [0.5, 0.6) is 0 Å². The quantitative estimate of drug-likeness (QED) is 0.811. The maximum Gasteiger partial charge on any atom is 0.408 e. The van der Waals surface area contributed by atoms with Crippen LogP contribution in [0.1, 0.15) is 40.0 Å². The Morgan fingerprint density at radius 3 is 2.19 bits per heavy atom. The molecule has 4 atom stereocenters. The van der Waals surface area contributed by atoms with Gasteiger partial charge in [-0.2, -0.15) is 0 Å². The lowest BCUT2D eigenvalue weighted by Crippen LogP contribution is -2.44. The highest BCUT2D eigenvalue weighted by Gasteiger charge is 2.37. The van der Waals surface area contributed by atoms with Gasteiger partial charge in [0.15, 0.2) is 0 Å². The third kappa shape index (κ3) is 5.85. The van der Waals surface area contributed by atoms with E-state index in [-0.39, 0.29) is 25.2 Å². The van der Waals surface area contributed by atoms with Crippen molar-refractivity contribution >= 4 is 12.1 Å². The van der Waals surface area contributed by atoms with Crippen molar-refractivity contribution < 1.29 is 27.8 Å². The van der Waals surface area contributed by atoms with Crippen LogP contribution in [0.15, 0.2) is 0 Å². The summed E-state index contributed by atoms with van der Waals surface area (Å²) >= 11 is 0. The van der Waals surface area contributed by atoms with Crippen molar-refractivity contribution in [3.05, 3.63) is 0 Å². The number of halogens is 2. The standard InChI is InChI=1S/C14H23F2NO4/c1-14(2,3)21-13(19)17-11(12(18)20-4)7-8-5-9(15)10(16)6-8/h8-11H,5-7H2,1-4H3,(H,17,19)/t8-,9+,10-,11-/m0/s1. The van der Waals surface area contributed by atoms with E-state index < -0.39 is 36.0 Å². The summed E-state index contributed by atoms with van der Waals surface area (Å²) in [4.78, 5) is 23.4. The van der Waals surface area contributed by atoms with Crippen LogP contribution in [0.25, 0.3) is 0 Å². The Labute approximate surface area is 123 Å². The molecule has 1 aliphatic rings. The van der Waals surface area contributed by atoms with Crippen LogP contribution in [0.4, 0.5) is 13.6 Å². The van der Waals surface area contributed by atoms with E-state index in [0.717, 1.165) is 0 Å². The Hall–Kier alpha value is -1.40. The molecule has 0 aliphatic heterocycles. The third-order valence-corrected chi connectivity index (χ3v) is 3.26. The molecule has 0 unspecified atom stereocenters. The van der Waals surface area contributed by atoms with Crippen LogP contribution < -0.4 is 5.32 Å². The van der Waals surface area contributed by atoms with Crippen molar-refractivity contribution in [2.45, 2.75) is 64.0 Å². The Kier molecular flexibility index (Phi) is 5.92. The lowest BCUT2D eigenvalue weighted by molar-refractivity contribution is -0.143. The zero-order valence-electron chi connectivity index (χ0n) is 12.8. The molecule has 5 nitrogen and oxygen atoms in total. The Morgan fingerprint density at radius 1 is 1.24 bits per heavy atom. The van der Waals surface area contributed by atoms with Crippen LogP contribution in [-0.4, -0.2) is 43.2 Å². The van der Waals surface area contributed by atoms with Crippen molar-refractivity contribution in [2.24, 2.45) is 5.92 Å². The molecule has 1 fully saturated rings. The summed E-state index contributed by atoms with van der Waals surface area (Å²) in [5.74, 6) is -0.965. The van der Waals surface area contributed by atoms with E-state index in [1.165, 1.54) is 7.11 Å². The van der Waals surface area contributed by atoms with Gasteiger partial charge in [0.25, 0.3) is 0 Å². The van der Waals surface area contributed by atoms with Gasteiger partial charge < -0.3 is 14.8 Å². The second-order valence-corrected chi connectivity index (χ2v) is 6.33. The first-order chi connectivity index (χ1) is 9.62. The van der Waals surface area contributed by atoms with E-state index in [0.29, 0.717) is 0 Å². The highest BCUT2D eigenvalue weighted by atomic mass is 19.2. The summed E-state index contributed by atoms with van der Waals surface area (Å²) in [7, 11) is 1.19. The van der Waals surface area contributed by atoms with Crippen LogP contribution >= 0.6 is 0 Å². The summed E-state index contributed by atoms with van der Waals surface area (Å²) < 4.78 is 36.0. The zero-order valence-corrected chi connectivity index (χ0v) is 12.8. The number of carbonyl (C=O) groups is 2. The van der Waals surface area contributed by atoms with Crippen molar-refractivity contribution in [3.63, 3.8) is 0 Å². The van der Waals surface area contributed by atoms with E-state index in [4.69, 9.17) is 4.74 Å². The molecule has 7 heteroatoms. The largest absolute Gasteiger partial charge is 0.467 e. The number of methoxy groups -OCH3 is 1. The Bertz CT molecular complexity index is 374. The van der Waals surface area contributed by atoms with Gasteiger partial charge in [-0.1, -0.05) is 0 Å².